The van der Waals surface area contributed by atoms with Gasteiger partial charge in [-0.15, -0.1) is 0 Å². The monoisotopic (exact) mass is 558 g/mol. The van der Waals surface area contributed by atoms with Crippen LogP contribution in [-0.4, -0.2) is 25.2 Å². The van der Waals surface area contributed by atoms with E-state index in [1.54, 1.807) is 24.3 Å². The minimum Gasteiger partial charge on any atom is -0.338 e. The highest BCUT2D eigenvalue weighted by atomic mass is 35.5. The third kappa shape index (κ3) is 7.94. The van der Waals surface area contributed by atoms with Crippen LogP contribution in [-0.2, 0) is 6.18 Å². The second kappa shape index (κ2) is 12.2. The molecule has 0 bridgehead atoms. The molecule has 0 atom stereocenters. The summed E-state index contributed by atoms with van der Waals surface area (Å²) in [5, 5.41) is 8.80. The van der Waals surface area contributed by atoms with E-state index in [-0.39, 0.29) is 35.2 Å². The maximum atomic E-state index is 13.3. The molecule has 3 N–H and O–H groups in total. The Bertz CT molecular complexity index is 1240. The molecule has 0 aliphatic rings. The fourth-order valence-corrected chi connectivity index (χ4v) is 3.63. The van der Waals surface area contributed by atoms with Crippen molar-refractivity contribution in [2.24, 2.45) is 0 Å². The van der Waals surface area contributed by atoms with Crippen LogP contribution in [0, 0.1) is 0 Å². The molecule has 36 heavy (non-hydrogen) atoms. The van der Waals surface area contributed by atoms with Crippen LogP contribution in [0.3, 0.4) is 0 Å². The van der Waals surface area contributed by atoms with Crippen LogP contribution >= 0.6 is 34.8 Å². The van der Waals surface area contributed by atoms with Gasteiger partial charge in [0.2, 0.25) is 0 Å². The summed E-state index contributed by atoms with van der Waals surface area (Å²) >= 11 is 17.8. The van der Waals surface area contributed by atoms with Crippen molar-refractivity contribution in [1.82, 2.24) is 5.32 Å². The van der Waals surface area contributed by atoms with E-state index in [4.69, 9.17) is 34.8 Å². The molecule has 0 aliphatic heterocycles. The predicted molar refractivity (Wildman–Crippen MR) is 137 cm³/mol. The van der Waals surface area contributed by atoms with Crippen LogP contribution in [0.15, 0.2) is 66.7 Å². The molecule has 0 unspecified atom stereocenters. The van der Waals surface area contributed by atoms with Gasteiger partial charge >= 0.3 is 18.2 Å². The van der Waals surface area contributed by atoms with E-state index in [0.717, 1.165) is 17.0 Å². The molecule has 0 fully saturated rings. The topological polar surface area (TPSA) is 73.5 Å². The van der Waals surface area contributed by atoms with E-state index >= 15 is 0 Å². The van der Waals surface area contributed by atoms with Gasteiger partial charge < -0.3 is 16.0 Å². The molecule has 4 amide bonds. The second-order valence-corrected chi connectivity index (χ2v) is 8.75. The number of nitrogens with zero attached hydrogens (tertiary/aromatic N) is 1. The first-order valence-corrected chi connectivity index (χ1v) is 11.7. The maximum Gasteiger partial charge on any atom is 0.416 e. The molecule has 3 aromatic rings. The summed E-state index contributed by atoms with van der Waals surface area (Å²) in [5.74, 6) is 0. The average molecular weight is 560 g/mol. The summed E-state index contributed by atoms with van der Waals surface area (Å²) in [7, 11) is 0. The molecular weight excluding hydrogens is 540 g/mol. The first kappa shape index (κ1) is 27.4. The Morgan fingerprint density at radius 1 is 0.833 bits per heavy atom. The van der Waals surface area contributed by atoms with Crippen molar-refractivity contribution in [3.8, 4) is 0 Å². The van der Waals surface area contributed by atoms with Crippen LogP contribution in [0.2, 0.25) is 15.1 Å². The number of hydrogen-bond acceptors (Lipinski definition) is 2. The number of benzene rings is 3. The van der Waals surface area contributed by atoms with E-state index in [9.17, 15) is 22.8 Å². The van der Waals surface area contributed by atoms with Gasteiger partial charge in [0.1, 0.15) is 0 Å². The summed E-state index contributed by atoms with van der Waals surface area (Å²) in [4.78, 5) is 26.3. The molecule has 0 aromatic heterocycles. The second-order valence-electron chi connectivity index (χ2n) is 7.50. The Morgan fingerprint density at radius 2 is 1.56 bits per heavy atom. The standard InChI is InChI=1S/C24H20Cl3F3N4O2/c25-16-5-2-6-17(13-16)32-22(35)31-10-3-11-34(19-7-1-4-15(12-19)24(28,29)30)23(36)33-18-8-9-20(26)21(27)14-18/h1-2,4-9,12-14H,3,10-11H2,(H,33,36)(H2,31,32,35). The zero-order valence-corrected chi connectivity index (χ0v) is 20.8. The van der Waals surface area contributed by atoms with Crippen LogP contribution < -0.4 is 20.9 Å². The first-order chi connectivity index (χ1) is 17.0. The summed E-state index contributed by atoms with van der Waals surface area (Å²) in [6, 6.07) is 14.2. The largest absolute Gasteiger partial charge is 0.416 e. The highest BCUT2D eigenvalue weighted by Gasteiger charge is 2.31. The van der Waals surface area contributed by atoms with E-state index in [0.29, 0.717) is 16.4 Å². The maximum absolute atomic E-state index is 13.3. The smallest absolute Gasteiger partial charge is 0.338 e. The molecule has 3 aromatic carbocycles. The van der Waals surface area contributed by atoms with Gasteiger partial charge in [-0.05, 0) is 61.0 Å². The molecule has 0 radical (unpaired) electrons. The third-order valence-electron chi connectivity index (χ3n) is 4.83. The molecule has 12 heteroatoms. The molecule has 6 nitrogen and oxygen atoms in total. The lowest BCUT2D eigenvalue weighted by Crippen LogP contribution is -2.38. The summed E-state index contributed by atoms with van der Waals surface area (Å²) < 4.78 is 39.8. The van der Waals surface area contributed by atoms with E-state index in [2.05, 4.69) is 16.0 Å². The van der Waals surface area contributed by atoms with Crippen LogP contribution in [0.25, 0.3) is 0 Å². The minimum atomic E-state index is -4.58. The average Bonchev–Trinajstić information content (AvgIpc) is 2.81. The van der Waals surface area contributed by atoms with Gasteiger partial charge in [-0.2, -0.15) is 13.2 Å². The van der Waals surface area contributed by atoms with Crippen molar-refractivity contribution in [1.29, 1.82) is 0 Å². The van der Waals surface area contributed by atoms with E-state index < -0.39 is 23.8 Å². The molecule has 0 heterocycles. The molecule has 190 valence electrons. The quantitative estimate of drug-likeness (QED) is 0.257. The van der Waals surface area contributed by atoms with Gasteiger partial charge in [-0.25, -0.2) is 9.59 Å². The number of amides is 4. The van der Waals surface area contributed by atoms with Crippen LogP contribution in [0.1, 0.15) is 12.0 Å². The number of rotatable bonds is 7. The Hall–Kier alpha value is -3.14. The van der Waals surface area contributed by atoms with Crippen LogP contribution in [0.5, 0.6) is 0 Å². The number of urea groups is 2. The summed E-state index contributed by atoms with van der Waals surface area (Å²) in [6.07, 6.45) is -4.34. The van der Waals surface area contributed by atoms with E-state index in [1.165, 1.54) is 30.3 Å². The molecule has 3 rings (SSSR count). The number of carbonyl (C=O) groups is 2. The van der Waals surface area contributed by atoms with Crippen molar-refractivity contribution in [2.45, 2.75) is 12.6 Å². The van der Waals surface area contributed by atoms with Crippen molar-refractivity contribution >= 4 is 63.9 Å². The first-order valence-electron chi connectivity index (χ1n) is 10.5. The Labute approximate surface area is 220 Å². The SMILES string of the molecule is O=C(NCCCN(C(=O)Nc1ccc(Cl)c(Cl)c1)c1cccc(C(F)(F)F)c1)Nc1cccc(Cl)c1. The van der Waals surface area contributed by atoms with Crippen molar-refractivity contribution in [3.63, 3.8) is 0 Å². The van der Waals surface area contributed by atoms with Gasteiger partial charge in [0.15, 0.2) is 0 Å². The lowest BCUT2D eigenvalue weighted by molar-refractivity contribution is -0.137. The normalized spacial score (nSPS) is 11.1. The molecule has 0 spiro atoms. The zero-order chi connectivity index (χ0) is 26.3. The number of alkyl halides is 3. The number of halogens is 6. The van der Waals surface area contributed by atoms with Gasteiger partial charge in [0, 0.05) is 35.2 Å². The predicted octanol–water partition coefficient (Wildman–Crippen LogP) is 7.92. The van der Waals surface area contributed by atoms with Crippen molar-refractivity contribution in [3.05, 3.63) is 87.4 Å². The van der Waals surface area contributed by atoms with Crippen molar-refractivity contribution < 1.29 is 22.8 Å². The number of carbonyl (C=O) groups excluding carboxylic acids is 2. The fraction of sp³-hybridized carbons (Fsp3) is 0.167. The fourth-order valence-electron chi connectivity index (χ4n) is 3.14. The lowest BCUT2D eigenvalue weighted by atomic mass is 10.1. The zero-order valence-electron chi connectivity index (χ0n) is 18.5. The highest BCUT2D eigenvalue weighted by Crippen LogP contribution is 2.32. The molecule has 0 saturated heterocycles. The Kier molecular flexibility index (Phi) is 9.31. The Balaban J connectivity index is 1.69. The van der Waals surface area contributed by atoms with Gasteiger partial charge in [-0.3, -0.25) is 4.90 Å². The summed E-state index contributed by atoms with van der Waals surface area (Å²) in [6.45, 7) is 0.147. The molecular formula is C24H20Cl3F3N4O2. The summed E-state index contributed by atoms with van der Waals surface area (Å²) in [5.41, 5.74) is -0.0610. The van der Waals surface area contributed by atoms with Gasteiger partial charge in [0.05, 0.1) is 15.6 Å². The number of anilines is 3. The third-order valence-corrected chi connectivity index (χ3v) is 5.80. The minimum absolute atomic E-state index is 0.00586. The molecule has 0 aliphatic carbocycles. The van der Waals surface area contributed by atoms with Crippen LogP contribution in [0.4, 0.5) is 39.8 Å². The van der Waals surface area contributed by atoms with Crippen molar-refractivity contribution in [2.75, 3.05) is 28.6 Å². The van der Waals surface area contributed by atoms with Gasteiger partial charge in [-0.1, -0.05) is 46.9 Å². The number of hydrogen-bond donors (Lipinski definition) is 3. The number of nitrogens with one attached hydrogen (secondary N) is 3. The Morgan fingerprint density at radius 3 is 2.25 bits per heavy atom. The van der Waals surface area contributed by atoms with Gasteiger partial charge in [0.25, 0.3) is 0 Å². The highest BCUT2D eigenvalue weighted by molar-refractivity contribution is 6.42. The lowest BCUT2D eigenvalue weighted by Gasteiger charge is -2.24. The molecule has 0 saturated carbocycles. The van der Waals surface area contributed by atoms with E-state index in [1.807, 2.05) is 0 Å².